The Balaban J connectivity index is 2.37. The van der Waals surface area contributed by atoms with Crippen LogP contribution in [0.25, 0.3) is 0 Å². The highest BCUT2D eigenvalue weighted by Crippen LogP contribution is 2.31. The van der Waals surface area contributed by atoms with Crippen LogP contribution in [0, 0.1) is 10.1 Å². The molecule has 1 saturated heterocycles. The summed E-state index contributed by atoms with van der Waals surface area (Å²) in [5.74, 6) is 0.306. The number of benzene rings is 1. The van der Waals surface area contributed by atoms with E-state index >= 15 is 0 Å². The lowest BCUT2D eigenvalue weighted by atomic mass is 10.1. The van der Waals surface area contributed by atoms with Gasteiger partial charge in [-0.05, 0) is 31.4 Å². The molecular weight excluding hydrogens is 240 g/mol. The normalized spacial score (nSPS) is 19.6. The van der Waals surface area contributed by atoms with Crippen molar-refractivity contribution in [2.45, 2.75) is 31.7 Å². The van der Waals surface area contributed by atoms with Gasteiger partial charge in [0.2, 0.25) is 0 Å². The molecule has 1 aliphatic heterocycles. The van der Waals surface area contributed by atoms with Crippen LogP contribution in [0.1, 0.15) is 25.3 Å². The fourth-order valence-electron chi connectivity index (χ4n) is 2.36. The molecule has 0 bridgehead atoms. The molecule has 1 fully saturated rings. The van der Waals surface area contributed by atoms with E-state index in [4.69, 9.17) is 11.6 Å². The fourth-order valence-corrected chi connectivity index (χ4v) is 2.58. The van der Waals surface area contributed by atoms with E-state index in [0.29, 0.717) is 11.9 Å². The summed E-state index contributed by atoms with van der Waals surface area (Å²) >= 11 is 5.89. The molecule has 5 heteroatoms. The highest BCUT2D eigenvalue weighted by atomic mass is 35.5. The predicted octanol–water partition coefficient (Wildman–Crippen LogP) is 3.32. The molecule has 17 heavy (non-hydrogen) atoms. The van der Waals surface area contributed by atoms with Crippen molar-refractivity contribution in [2.24, 2.45) is 0 Å². The van der Waals surface area contributed by atoms with E-state index in [2.05, 4.69) is 11.8 Å². The highest BCUT2D eigenvalue weighted by Gasteiger charge is 2.23. The molecule has 0 amide bonds. The van der Waals surface area contributed by atoms with Crippen LogP contribution in [0.3, 0.4) is 0 Å². The summed E-state index contributed by atoms with van der Waals surface area (Å²) in [6.45, 7) is 3.18. The number of nitro benzene ring substituents is 1. The van der Waals surface area contributed by atoms with Gasteiger partial charge in [-0.2, -0.15) is 0 Å². The van der Waals surface area contributed by atoms with Gasteiger partial charge in [-0.1, -0.05) is 0 Å². The van der Waals surface area contributed by atoms with Gasteiger partial charge >= 0.3 is 0 Å². The standard InChI is InChI=1S/C12H15ClN2O2/c1-9-3-2-6-14(9)12-5-4-11(15(16)17)7-10(12)8-13/h4-5,7,9H,2-3,6,8H2,1H3. The first kappa shape index (κ1) is 12.2. The number of nitro groups is 1. The molecule has 1 aliphatic rings. The summed E-state index contributed by atoms with van der Waals surface area (Å²) in [5.41, 5.74) is 1.99. The van der Waals surface area contributed by atoms with Gasteiger partial charge in [-0.15, -0.1) is 11.6 Å². The Kier molecular flexibility index (Phi) is 3.52. The number of hydrogen-bond acceptors (Lipinski definition) is 3. The van der Waals surface area contributed by atoms with Gasteiger partial charge in [0.05, 0.1) is 4.92 Å². The molecule has 1 aromatic carbocycles. The molecular formula is C12H15ClN2O2. The minimum absolute atomic E-state index is 0.108. The molecule has 0 saturated carbocycles. The van der Waals surface area contributed by atoms with Crippen molar-refractivity contribution < 1.29 is 4.92 Å². The van der Waals surface area contributed by atoms with Crippen LogP contribution < -0.4 is 4.90 Å². The van der Waals surface area contributed by atoms with Gasteiger partial charge < -0.3 is 4.90 Å². The van der Waals surface area contributed by atoms with E-state index in [-0.39, 0.29) is 10.6 Å². The van der Waals surface area contributed by atoms with E-state index in [1.54, 1.807) is 12.1 Å². The Morgan fingerprint density at radius 3 is 2.88 bits per heavy atom. The first-order valence-electron chi connectivity index (χ1n) is 5.73. The minimum atomic E-state index is -0.382. The third-order valence-electron chi connectivity index (χ3n) is 3.28. The van der Waals surface area contributed by atoms with Crippen molar-refractivity contribution in [1.82, 2.24) is 0 Å². The van der Waals surface area contributed by atoms with Crippen molar-refractivity contribution in [2.75, 3.05) is 11.4 Å². The monoisotopic (exact) mass is 254 g/mol. The molecule has 4 nitrogen and oxygen atoms in total. The number of alkyl halides is 1. The van der Waals surface area contributed by atoms with Crippen LogP contribution in [0.2, 0.25) is 0 Å². The molecule has 0 aliphatic carbocycles. The first-order chi connectivity index (χ1) is 8.13. The van der Waals surface area contributed by atoms with Gasteiger partial charge in [0.25, 0.3) is 5.69 Å². The lowest BCUT2D eigenvalue weighted by Gasteiger charge is -2.25. The minimum Gasteiger partial charge on any atom is -0.369 e. The Morgan fingerprint density at radius 2 is 2.35 bits per heavy atom. The van der Waals surface area contributed by atoms with Crippen molar-refractivity contribution in [1.29, 1.82) is 0 Å². The van der Waals surface area contributed by atoms with Crippen LogP contribution in [-0.2, 0) is 5.88 Å². The maximum absolute atomic E-state index is 10.7. The molecule has 1 unspecified atom stereocenters. The second kappa shape index (κ2) is 4.92. The van der Waals surface area contributed by atoms with Gasteiger partial charge in [-0.3, -0.25) is 10.1 Å². The summed E-state index contributed by atoms with van der Waals surface area (Å²) < 4.78 is 0. The Hall–Kier alpha value is -1.29. The quantitative estimate of drug-likeness (QED) is 0.472. The van der Waals surface area contributed by atoms with Crippen LogP contribution in [0.4, 0.5) is 11.4 Å². The number of rotatable bonds is 3. The number of nitrogens with zero attached hydrogens (tertiary/aromatic N) is 2. The highest BCUT2D eigenvalue weighted by molar-refractivity contribution is 6.17. The van der Waals surface area contributed by atoms with Gasteiger partial charge in [-0.25, -0.2) is 0 Å². The van der Waals surface area contributed by atoms with Crippen molar-refractivity contribution in [3.8, 4) is 0 Å². The molecule has 0 N–H and O–H groups in total. The molecule has 1 heterocycles. The third kappa shape index (κ3) is 2.36. The van der Waals surface area contributed by atoms with E-state index in [9.17, 15) is 10.1 Å². The molecule has 2 rings (SSSR count). The van der Waals surface area contributed by atoms with E-state index in [1.165, 1.54) is 12.8 Å². The summed E-state index contributed by atoms with van der Waals surface area (Å²) in [6.07, 6.45) is 2.33. The van der Waals surface area contributed by atoms with Crippen LogP contribution in [0.5, 0.6) is 0 Å². The number of anilines is 1. The Morgan fingerprint density at radius 1 is 1.59 bits per heavy atom. The summed E-state index contributed by atoms with van der Waals surface area (Å²) in [6, 6.07) is 5.43. The molecule has 92 valence electrons. The zero-order valence-corrected chi connectivity index (χ0v) is 10.5. The topological polar surface area (TPSA) is 46.4 Å². The summed E-state index contributed by atoms with van der Waals surface area (Å²) in [5, 5.41) is 10.7. The zero-order chi connectivity index (χ0) is 12.4. The molecule has 0 radical (unpaired) electrons. The average Bonchev–Trinajstić information content (AvgIpc) is 2.74. The van der Waals surface area contributed by atoms with Crippen LogP contribution in [-0.4, -0.2) is 17.5 Å². The van der Waals surface area contributed by atoms with E-state index in [1.807, 2.05) is 6.07 Å². The van der Waals surface area contributed by atoms with Crippen LogP contribution >= 0.6 is 11.6 Å². The summed E-state index contributed by atoms with van der Waals surface area (Å²) in [4.78, 5) is 12.6. The molecule has 0 aromatic heterocycles. The fraction of sp³-hybridized carbons (Fsp3) is 0.500. The van der Waals surface area contributed by atoms with Crippen molar-refractivity contribution >= 4 is 23.0 Å². The lowest BCUT2D eigenvalue weighted by molar-refractivity contribution is -0.384. The second-order valence-electron chi connectivity index (χ2n) is 4.39. The zero-order valence-electron chi connectivity index (χ0n) is 9.73. The Bertz CT molecular complexity index is 437. The SMILES string of the molecule is CC1CCCN1c1ccc([N+](=O)[O-])cc1CCl. The second-order valence-corrected chi connectivity index (χ2v) is 4.66. The number of non-ortho nitro benzene ring substituents is 1. The van der Waals surface area contributed by atoms with Crippen molar-refractivity contribution in [3.05, 3.63) is 33.9 Å². The maximum atomic E-state index is 10.7. The van der Waals surface area contributed by atoms with E-state index < -0.39 is 0 Å². The average molecular weight is 255 g/mol. The van der Waals surface area contributed by atoms with E-state index in [0.717, 1.165) is 17.8 Å². The van der Waals surface area contributed by atoms with Gasteiger partial charge in [0, 0.05) is 36.3 Å². The maximum Gasteiger partial charge on any atom is 0.269 e. The molecule has 1 aromatic rings. The van der Waals surface area contributed by atoms with Crippen molar-refractivity contribution in [3.63, 3.8) is 0 Å². The number of hydrogen-bond donors (Lipinski definition) is 0. The Labute approximate surface area is 105 Å². The smallest absolute Gasteiger partial charge is 0.269 e. The molecule has 1 atom stereocenters. The lowest BCUT2D eigenvalue weighted by Crippen LogP contribution is -2.27. The summed E-state index contributed by atoms with van der Waals surface area (Å²) in [7, 11) is 0. The third-order valence-corrected chi connectivity index (χ3v) is 3.57. The van der Waals surface area contributed by atoms with Crippen LogP contribution in [0.15, 0.2) is 18.2 Å². The van der Waals surface area contributed by atoms with Gasteiger partial charge in [0.1, 0.15) is 0 Å². The largest absolute Gasteiger partial charge is 0.369 e. The first-order valence-corrected chi connectivity index (χ1v) is 6.27. The number of halogens is 1. The molecule has 0 spiro atoms. The van der Waals surface area contributed by atoms with Gasteiger partial charge in [0.15, 0.2) is 0 Å². The predicted molar refractivity (Wildman–Crippen MR) is 68.7 cm³/mol.